The van der Waals surface area contributed by atoms with E-state index in [2.05, 4.69) is 41.5 Å². The van der Waals surface area contributed by atoms with Crippen LogP contribution in [-0.4, -0.2) is 96.7 Å². The van der Waals surface area contributed by atoms with E-state index in [4.69, 9.17) is 37.0 Å². The van der Waals surface area contributed by atoms with Gasteiger partial charge in [-0.25, -0.2) is 9.13 Å². The molecule has 0 fully saturated rings. The third-order valence-corrected chi connectivity index (χ3v) is 22.6. The van der Waals surface area contributed by atoms with Gasteiger partial charge in [0.05, 0.1) is 26.4 Å². The summed E-state index contributed by atoms with van der Waals surface area (Å²) >= 11 is 0. The number of carbonyl (C=O) groups is 4. The highest BCUT2D eigenvalue weighted by Gasteiger charge is 2.30. The average molecular weight is 1560 g/mol. The lowest BCUT2D eigenvalue weighted by Crippen LogP contribution is -2.30. The number of ether oxygens (including phenoxy) is 4. The lowest BCUT2D eigenvalue weighted by Gasteiger charge is -2.21. The number of esters is 4. The van der Waals surface area contributed by atoms with E-state index in [1.165, 1.54) is 289 Å². The number of phosphoric ester groups is 2. The van der Waals surface area contributed by atoms with Crippen molar-refractivity contribution >= 4 is 39.5 Å². The van der Waals surface area contributed by atoms with E-state index >= 15 is 0 Å². The summed E-state index contributed by atoms with van der Waals surface area (Å²) in [5, 5.41) is 10.7. The number of aliphatic hydroxyl groups is 1. The van der Waals surface area contributed by atoms with Gasteiger partial charge in [-0.15, -0.1) is 0 Å². The second-order valence-corrected chi connectivity index (χ2v) is 35.5. The highest BCUT2D eigenvalue weighted by Crippen LogP contribution is 2.45. The van der Waals surface area contributed by atoms with E-state index in [1.807, 2.05) is 0 Å². The molecule has 0 radical (unpaired) electrons. The first-order valence-electron chi connectivity index (χ1n) is 45.5. The molecule has 0 aromatic carbocycles. The van der Waals surface area contributed by atoms with Crippen molar-refractivity contribution in [2.24, 2.45) is 11.8 Å². The van der Waals surface area contributed by atoms with Gasteiger partial charge in [0.25, 0.3) is 0 Å². The first kappa shape index (κ1) is 105. The first-order chi connectivity index (χ1) is 51.9. The summed E-state index contributed by atoms with van der Waals surface area (Å²) in [6.07, 6.45) is 72.3. The third kappa shape index (κ3) is 81.9. The molecule has 636 valence electrons. The second-order valence-electron chi connectivity index (χ2n) is 32.6. The summed E-state index contributed by atoms with van der Waals surface area (Å²) in [5.74, 6) is -0.553. The van der Waals surface area contributed by atoms with Gasteiger partial charge >= 0.3 is 39.5 Å². The number of rotatable bonds is 87. The average Bonchev–Trinajstić information content (AvgIpc) is 0.911. The van der Waals surface area contributed by atoms with E-state index < -0.39 is 97.5 Å². The Kier molecular flexibility index (Phi) is 77.9. The molecule has 0 bridgehead atoms. The minimum absolute atomic E-state index is 0.108. The molecule has 107 heavy (non-hydrogen) atoms. The highest BCUT2D eigenvalue weighted by atomic mass is 31.2. The monoisotopic (exact) mass is 1560 g/mol. The van der Waals surface area contributed by atoms with E-state index in [9.17, 15) is 43.2 Å². The largest absolute Gasteiger partial charge is 0.472 e. The maximum absolute atomic E-state index is 13.2. The van der Waals surface area contributed by atoms with Crippen LogP contribution in [0.5, 0.6) is 0 Å². The molecule has 19 heteroatoms. The van der Waals surface area contributed by atoms with Gasteiger partial charge in [-0.2, -0.15) is 0 Å². The van der Waals surface area contributed by atoms with Gasteiger partial charge in [-0.05, 0) is 37.5 Å². The zero-order valence-electron chi connectivity index (χ0n) is 70.5. The number of unbranched alkanes of at least 4 members (excludes halogenated alkanes) is 57. The van der Waals surface area contributed by atoms with Crippen LogP contribution in [0.1, 0.15) is 472 Å². The second kappa shape index (κ2) is 79.3. The van der Waals surface area contributed by atoms with Crippen LogP contribution in [-0.2, 0) is 65.4 Å². The topological polar surface area (TPSA) is 237 Å². The van der Waals surface area contributed by atoms with Gasteiger partial charge in [0.2, 0.25) is 0 Å². The van der Waals surface area contributed by atoms with Crippen molar-refractivity contribution in [2.45, 2.75) is 490 Å². The molecule has 0 aromatic heterocycles. The number of phosphoric acid groups is 2. The number of carbonyl (C=O) groups excluding carboxylic acids is 4. The van der Waals surface area contributed by atoms with Crippen molar-refractivity contribution in [2.75, 3.05) is 39.6 Å². The van der Waals surface area contributed by atoms with Crippen LogP contribution in [0.15, 0.2) is 0 Å². The summed E-state index contributed by atoms with van der Waals surface area (Å²) in [6.45, 7) is 9.69. The summed E-state index contributed by atoms with van der Waals surface area (Å²) in [4.78, 5) is 73.3. The Bertz CT molecular complexity index is 2050. The molecular formula is C88H172O17P2. The lowest BCUT2D eigenvalue weighted by molar-refractivity contribution is -0.161. The summed E-state index contributed by atoms with van der Waals surface area (Å²) in [5.41, 5.74) is 0. The fourth-order valence-corrected chi connectivity index (χ4v) is 15.4. The zero-order valence-corrected chi connectivity index (χ0v) is 72.2. The van der Waals surface area contributed by atoms with Crippen molar-refractivity contribution in [1.29, 1.82) is 0 Å². The Hall–Kier alpha value is -1.94. The van der Waals surface area contributed by atoms with E-state index in [1.54, 1.807) is 0 Å². The number of hydrogen-bond donors (Lipinski definition) is 3. The van der Waals surface area contributed by atoms with Gasteiger partial charge in [0.15, 0.2) is 12.2 Å². The molecule has 0 heterocycles. The van der Waals surface area contributed by atoms with Crippen LogP contribution in [0.25, 0.3) is 0 Å². The predicted octanol–water partition coefficient (Wildman–Crippen LogP) is 27.0. The molecule has 17 nitrogen and oxygen atoms in total. The Morgan fingerprint density at radius 3 is 0.636 bits per heavy atom. The van der Waals surface area contributed by atoms with Crippen LogP contribution < -0.4 is 0 Å². The SMILES string of the molecule is CCCCCCCCCCCCCCCCCCCCCCC(=O)OC[C@H](COP(=O)(O)OC[C@@H](O)COP(=O)(O)OC[C@@H](COC(=O)CCCCCCCCCCC(C)C)OC(=O)CCCCCCCCCCCCCCCCC)OC(=O)CCCCCCCCCCCCCCCCCCCCC(C)C. The molecule has 0 saturated heterocycles. The molecule has 5 atom stereocenters. The Balaban J connectivity index is 5.23. The maximum Gasteiger partial charge on any atom is 0.472 e. The van der Waals surface area contributed by atoms with Crippen molar-refractivity contribution in [3.63, 3.8) is 0 Å². The Morgan fingerprint density at radius 2 is 0.430 bits per heavy atom. The molecule has 0 saturated carbocycles. The molecular weight excluding hydrogens is 1390 g/mol. The maximum atomic E-state index is 13.2. The van der Waals surface area contributed by atoms with Crippen LogP contribution in [0.4, 0.5) is 0 Å². The fourth-order valence-electron chi connectivity index (χ4n) is 13.8. The van der Waals surface area contributed by atoms with Crippen molar-refractivity contribution in [3.8, 4) is 0 Å². The summed E-state index contributed by atoms with van der Waals surface area (Å²) in [6, 6.07) is 0. The highest BCUT2D eigenvalue weighted by molar-refractivity contribution is 7.47. The van der Waals surface area contributed by atoms with E-state index in [-0.39, 0.29) is 25.7 Å². The van der Waals surface area contributed by atoms with Crippen LogP contribution in [0.2, 0.25) is 0 Å². The molecule has 0 spiro atoms. The minimum atomic E-state index is -4.97. The zero-order chi connectivity index (χ0) is 78.5. The first-order valence-corrected chi connectivity index (χ1v) is 48.5. The fraction of sp³-hybridized carbons (Fsp3) is 0.955. The van der Waals surface area contributed by atoms with Gasteiger partial charge in [0.1, 0.15) is 19.3 Å². The van der Waals surface area contributed by atoms with E-state index in [0.29, 0.717) is 25.7 Å². The molecule has 2 unspecified atom stereocenters. The number of hydrogen-bond acceptors (Lipinski definition) is 15. The minimum Gasteiger partial charge on any atom is -0.462 e. The summed E-state index contributed by atoms with van der Waals surface area (Å²) < 4.78 is 69.0. The molecule has 0 aromatic rings. The smallest absolute Gasteiger partial charge is 0.462 e. The number of aliphatic hydroxyl groups excluding tert-OH is 1. The molecule has 0 aliphatic rings. The molecule has 0 aliphatic carbocycles. The Morgan fingerprint density at radius 1 is 0.252 bits per heavy atom. The normalized spacial score (nSPS) is 13.8. The molecule has 3 N–H and O–H groups in total. The standard InChI is InChI=1S/C88H172O17P2/c1-7-9-11-13-15-17-19-21-23-24-25-26-30-34-37-41-45-52-58-64-70-85(90)98-76-83(104-87(92)73-67-61-55-47-43-39-35-31-28-27-29-33-36-40-44-50-56-62-68-80(3)4)78-102-106(94,95)100-74-82(89)75-101-107(96,97)103-79-84(77-99-86(91)71-65-59-53-49-48-51-57-63-69-81(5)6)105-88(93)72-66-60-54-46-42-38-32-22-20-18-16-14-12-10-8-2/h80-84,89H,7-79H2,1-6H3,(H,94,95)(H,96,97)/t82-,83-,84-/m1/s1. The quantitative estimate of drug-likeness (QED) is 0.0222. The Labute approximate surface area is 658 Å². The van der Waals surface area contributed by atoms with Crippen molar-refractivity contribution < 1.29 is 80.2 Å². The predicted molar refractivity (Wildman–Crippen MR) is 442 cm³/mol. The van der Waals surface area contributed by atoms with Gasteiger partial charge in [0, 0.05) is 25.7 Å². The molecule has 0 aliphatic heterocycles. The van der Waals surface area contributed by atoms with E-state index in [0.717, 1.165) is 102 Å². The third-order valence-electron chi connectivity index (χ3n) is 20.7. The van der Waals surface area contributed by atoms with Crippen LogP contribution in [0.3, 0.4) is 0 Å². The van der Waals surface area contributed by atoms with Crippen molar-refractivity contribution in [3.05, 3.63) is 0 Å². The van der Waals surface area contributed by atoms with Crippen LogP contribution >= 0.6 is 15.6 Å². The van der Waals surface area contributed by atoms with Crippen molar-refractivity contribution in [1.82, 2.24) is 0 Å². The van der Waals surface area contributed by atoms with Gasteiger partial charge in [-0.1, -0.05) is 420 Å². The molecule has 0 amide bonds. The summed E-state index contributed by atoms with van der Waals surface area (Å²) in [7, 11) is -9.93. The molecule has 0 rings (SSSR count). The van der Waals surface area contributed by atoms with Gasteiger partial charge in [-0.3, -0.25) is 37.3 Å². The van der Waals surface area contributed by atoms with Gasteiger partial charge < -0.3 is 33.8 Å². The van der Waals surface area contributed by atoms with Crippen LogP contribution in [0, 0.1) is 11.8 Å². The lowest BCUT2D eigenvalue weighted by atomic mass is 10.0.